The lowest BCUT2D eigenvalue weighted by Crippen LogP contribution is -2.38. The fraction of sp³-hybridized carbons (Fsp3) is 0.435. The summed E-state index contributed by atoms with van der Waals surface area (Å²) in [5, 5.41) is 4.10. The molecule has 1 fully saturated rings. The molecule has 1 aromatic carbocycles. The quantitative estimate of drug-likeness (QED) is 0.452. The Bertz CT molecular complexity index is 1140. The van der Waals surface area contributed by atoms with E-state index in [1.165, 1.54) is 30.3 Å². The zero-order chi connectivity index (χ0) is 23.9. The summed E-state index contributed by atoms with van der Waals surface area (Å²) >= 11 is 6.17. The monoisotopic (exact) mass is 480 g/mol. The van der Waals surface area contributed by atoms with Gasteiger partial charge in [0.15, 0.2) is 11.5 Å². The van der Waals surface area contributed by atoms with E-state index in [1.807, 2.05) is 18.9 Å². The number of hydrogen-bond acceptors (Lipinski definition) is 6. The maximum absolute atomic E-state index is 14.4. The highest BCUT2D eigenvalue weighted by molar-refractivity contribution is 6.29. The molecule has 10 heteroatoms. The first-order valence-electron chi connectivity index (χ1n) is 10.5. The fourth-order valence-electron chi connectivity index (χ4n) is 4.25. The Labute approximate surface area is 194 Å². The molecule has 176 valence electrons. The third kappa shape index (κ3) is 4.70. The topological polar surface area (TPSA) is 64.3 Å². The molecule has 0 spiro atoms. The summed E-state index contributed by atoms with van der Waals surface area (Å²) in [5.74, 6) is -0.810. The Morgan fingerprint density at radius 2 is 1.91 bits per heavy atom. The predicted molar refractivity (Wildman–Crippen MR) is 117 cm³/mol. The molecule has 0 saturated carbocycles. The van der Waals surface area contributed by atoms with Gasteiger partial charge in [0.25, 0.3) is 0 Å². The number of likely N-dealkylation sites (tertiary alicyclic amines) is 1. The van der Waals surface area contributed by atoms with Crippen LogP contribution in [-0.2, 0) is 5.41 Å². The molecule has 2 aromatic heterocycles. The van der Waals surface area contributed by atoms with Crippen molar-refractivity contribution >= 4 is 11.6 Å². The molecule has 1 aliphatic rings. The molecule has 0 amide bonds. The van der Waals surface area contributed by atoms with Gasteiger partial charge in [0.2, 0.25) is 5.88 Å². The summed E-state index contributed by atoms with van der Waals surface area (Å²) in [4.78, 5) is 10.4. The van der Waals surface area contributed by atoms with Gasteiger partial charge in [0.05, 0.1) is 5.41 Å². The molecule has 6 nitrogen and oxygen atoms in total. The van der Waals surface area contributed by atoms with Crippen molar-refractivity contribution in [1.29, 1.82) is 0 Å². The molecular formula is C23H24ClF3N4O2. The van der Waals surface area contributed by atoms with Gasteiger partial charge in [0.1, 0.15) is 34.8 Å². The predicted octanol–water partition coefficient (Wildman–Crippen LogP) is 5.20. The number of aromatic nitrogens is 3. The van der Waals surface area contributed by atoms with E-state index in [0.717, 1.165) is 0 Å². The molecule has 3 heterocycles. The molecule has 1 saturated heterocycles. The fourth-order valence-corrected chi connectivity index (χ4v) is 4.42. The Hall–Kier alpha value is -2.65. The minimum atomic E-state index is -1.15. The second-order valence-corrected chi connectivity index (χ2v) is 9.20. The van der Waals surface area contributed by atoms with E-state index in [9.17, 15) is 13.2 Å². The van der Waals surface area contributed by atoms with E-state index in [2.05, 4.69) is 15.1 Å². The van der Waals surface area contributed by atoms with Crippen molar-refractivity contribution in [3.05, 3.63) is 58.4 Å². The van der Waals surface area contributed by atoms with Crippen LogP contribution in [-0.4, -0.2) is 51.9 Å². The minimum Gasteiger partial charge on any atom is -0.473 e. The summed E-state index contributed by atoms with van der Waals surface area (Å²) in [5.41, 5.74) is -1.05. The van der Waals surface area contributed by atoms with E-state index in [4.69, 9.17) is 20.9 Å². The van der Waals surface area contributed by atoms with Gasteiger partial charge in [-0.25, -0.2) is 18.2 Å². The normalized spacial score (nSPS) is 20.2. The summed E-state index contributed by atoms with van der Waals surface area (Å²) in [7, 11) is 1.85. The third-order valence-corrected chi connectivity index (χ3v) is 6.21. The SMILES string of the molecule is C[C@H](Oc1cc(Cl)nc(-c2cc(C(C)(C)c3c(F)cccc3F)on2)n1)[C@@H]1C[C@H](F)CN1C. The summed E-state index contributed by atoms with van der Waals surface area (Å²) < 4.78 is 53.9. The van der Waals surface area contributed by atoms with Crippen molar-refractivity contribution in [3.8, 4) is 17.4 Å². The molecule has 0 aliphatic carbocycles. The van der Waals surface area contributed by atoms with Crippen LogP contribution in [0.4, 0.5) is 13.2 Å². The zero-order valence-electron chi connectivity index (χ0n) is 18.7. The van der Waals surface area contributed by atoms with Gasteiger partial charge in [-0.3, -0.25) is 4.90 Å². The highest BCUT2D eigenvalue weighted by Crippen LogP contribution is 2.36. The van der Waals surface area contributed by atoms with E-state index in [1.54, 1.807) is 13.8 Å². The number of nitrogens with zero attached hydrogens (tertiary/aromatic N) is 4. The summed E-state index contributed by atoms with van der Waals surface area (Å²) in [6.45, 7) is 5.46. The van der Waals surface area contributed by atoms with Crippen molar-refractivity contribution in [2.24, 2.45) is 0 Å². The molecular weight excluding hydrogens is 457 g/mol. The first-order chi connectivity index (χ1) is 15.6. The van der Waals surface area contributed by atoms with Crippen molar-refractivity contribution in [2.75, 3.05) is 13.6 Å². The molecule has 4 rings (SSSR count). The Kier molecular flexibility index (Phi) is 6.37. The molecule has 33 heavy (non-hydrogen) atoms. The van der Waals surface area contributed by atoms with Crippen LogP contribution in [0, 0.1) is 11.6 Å². The molecule has 1 aliphatic heterocycles. The minimum absolute atomic E-state index is 0.104. The van der Waals surface area contributed by atoms with Crippen LogP contribution in [0.5, 0.6) is 5.88 Å². The highest BCUT2D eigenvalue weighted by atomic mass is 35.5. The number of halogens is 4. The van der Waals surface area contributed by atoms with Crippen molar-refractivity contribution in [1.82, 2.24) is 20.0 Å². The van der Waals surface area contributed by atoms with Crippen LogP contribution in [0.2, 0.25) is 5.15 Å². The van der Waals surface area contributed by atoms with E-state index in [-0.39, 0.29) is 46.0 Å². The van der Waals surface area contributed by atoms with Crippen LogP contribution >= 0.6 is 11.6 Å². The van der Waals surface area contributed by atoms with Crippen LogP contribution < -0.4 is 4.74 Å². The number of likely N-dealkylation sites (N-methyl/N-ethyl adjacent to an activating group) is 1. The third-order valence-electron chi connectivity index (χ3n) is 6.01. The van der Waals surface area contributed by atoms with Gasteiger partial charge >= 0.3 is 0 Å². The number of alkyl halides is 1. The van der Waals surface area contributed by atoms with Gasteiger partial charge in [-0.15, -0.1) is 0 Å². The van der Waals surface area contributed by atoms with Crippen molar-refractivity contribution < 1.29 is 22.4 Å². The van der Waals surface area contributed by atoms with Crippen LogP contribution in [0.15, 0.2) is 34.9 Å². The standard InChI is InChI=1S/C23H24ClF3N4O2/c1-12(17-8-13(25)11-31(17)4)32-20-10-19(24)28-22(29-20)16-9-18(33-30-16)23(2,3)21-14(26)6-5-7-15(21)27/h5-7,9-10,12-13,17H,8,11H2,1-4H3/t12-,13-,17-/m0/s1. The average Bonchev–Trinajstić information content (AvgIpc) is 3.34. The second kappa shape index (κ2) is 8.95. The van der Waals surface area contributed by atoms with Crippen LogP contribution in [0.25, 0.3) is 11.5 Å². The van der Waals surface area contributed by atoms with E-state index < -0.39 is 23.2 Å². The molecule has 0 bridgehead atoms. The first-order valence-corrected chi connectivity index (χ1v) is 10.9. The lowest BCUT2D eigenvalue weighted by atomic mass is 9.81. The van der Waals surface area contributed by atoms with Crippen molar-refractivity contribution in [2.45, 2.75) is 50.9 Å². The number of benzene rings is 1. The van der Waals surface area contributed by atoms with E-state index in [0.29, 0.717) is 13.0 Å². The number of ether oxygens (including phenoxy) is 1. The highest BCUT2D eigenvalue weighted by Gasteiger charge is 2.35. The lowest BCUT2D eigenvalue weighted by Gasteiger charge is -2.26. The molecule has 0 unspecified atom stereocenters. The van der Waals surface area contributed by atoms with Gasteiger partial charge in [-0.05, 0) is 46.4 Å². The van der Waals surface area contributed by atoms with Crippen LogP contribution in [0.3, 0.4) is 0 Å². The second-order valence-electron chi connectivity index (χ2n) is 8.81. The summed E-state index contributed by atoms with van der Waals surface area (Å²) in [6.07, 6.45) is -0.866. The van der Waals surface area contributed by atoms with E-state index >= 15 is 0 Å². The maximum atomic E-state index is 14.4. The molecule has 0 N–H and O–H groups in total. The average molecular weight is 481 g/mol. The molecule has 3 atom stereocenters. The Morgan fingerprint density at radius 3 is 2.55 bits per heavy atom. The summed E-state index contributed by atoms with van der Waals surface area (Å²) in [6, 6.07) is 6.55. The molecule has 0 radical (unpaired) electrons. The molecule has 3 aromatic rings. The Balaban J connectivity index is 1.60. The van der Waals surface area contributed by atoms with Gasteiger partial charge < -0.3 is 9.26 Å². The number of rotatable bonds is 6. The van der Waals surface area contributed by atoms with Gasteiger partial charge in [-0.1, -0.05) is 22.8 Å². The van der Waals surface area contributed by atoms with Gasteiger partial charge in [-0.2, -0.15) is 4.98 Å². The largest absolute Gasteiger partial charge is 0.473 e. The first kappa shape index (κ1) is 23.5. The van der Waals surface area contributed by atoms with Crippen LogP contribution in [0.1, 0.15) is 38.5 Å². The zero-order valence-corrected chi connectivity index (χ0v) is 19.4. The smallest absolute Gasteiger partial charge is 0.218 e. The van der Waals surface area contributed by atoms with Gasteiger partial charge in [0, 0.05) is 30.3 Å². The van der Waals surface area contributed by atoms with Crippen molar-refractivity contribution in [3.63, 3.8) is 0 Å². The lowest BCUT2D eigenvalue weighted by molar-refractivity contribution is 0.117. The maximum Gasteiger partial charge on any atom is 0.218 e. The Morgan fingerprint density at radius 1 is 1.21 bits per heavy atom. The number of hydrogen-bond donors (Lipinski definition) is 0.